The second-order valence-electron chi connectivity index (χ2n) is 4.00. The number of hydrogen-bond donors (Lipinski definition) is 3. The van der Waals surface area contributed by atoms with E-state index in [0.29, 0.717) is 5.82 Å². The van der Waals surface area contributed by atoms with Gasteiger partial charge in [0.1, 0.15) is 20.1 Å². The molecule has 0 aliphatic heterocycles. The molecule has 0 radical (unpaired) electrons. The Morgan fingerprint density at radius 1 is 0.952 bits per heavy atom. The lowest BCUT2D eigenvalue weighted by Crippen LogP contribution is -2.27. The maximum atomic E-state index is 9.19. The number of benzene rings is 1. The molecule has 0 aliphatic rings. The predicted molar refractivity (Wildman–Crippen MR) is 74.5 cm³/mol. The van der Waals surface area contributed by atoms with Crippen LogP contribution in [0.2, 0.25) is 0 Å². The first-order valence-electron chi connectivity index (χ1n) is 6.30. The molecule has 1 heterocycles. The zero-order chi connectivity index (χ0) is 15.1. The summed E-state index contributed by atoms with van der Waals surface area (Å²) in [7, 11) is 0. The van der Waals surface area contributed by atoms with Gasteiger partial charge in [0.05, 0.1) is 6.61 Å². The zero-order valence-corrected chi connectivity index (χ0v) is 11.3. The van der Waals surface area contributed by atoms with Crippen LogP contribution in [0.1, 0.15) is 0 Å². The molecule has 21 heavy (non-hydrogen) atoms. The first-order chi connectivity index (χ1) is 10.3. The largest absolute Gasteiger partial charge is 0.461 e. The summed E-state index contributed by atoms with van der Waals surface area (Å²) < 4.78 is 5.19. The fraction of sp³-hybridized carbons (Fsp3) is 0.308. The van der Waals surface area contributed by atoms with Crippen LogP contribution in [0.25, 0.3) is 11.4 Å². The van der Waals surface area contributed by atoms with E-state index in [-0.39, 0.29) is 25.2 Å². The summed E-state index contributed by atoms with van der Waals surface area (Å²) in [5.41, 5.74) is 0.742. The van der Waals surface area contributed by atoms with Crippen molar-refractivity contribution >= 4 is 5.95 Å². The molecule has 0 fully saturated rings. The summed E-state index contributed by atoms with van der Waals surface area (Å²) >= 11 is 0. The van der Waals surface area contributed by atoms with Crippen LogP contribution in [0.5, 0.6) is 6.01 Å². The highest BCUT2D eigenvalue weighted by atomic mass is 16.5. The van der Waals surface area contributed by atoms with Crippen LogP contribution in [-0.4, -0.2) is 56.9 Å². The first-order valence-corrected chi connectivity index (χ1v) is 6.30. The van der Waals surface area contributed by atoms with Crippen molar-refractivity contribution in [2.45, 2.75) is 0 Å². The highest BCUT2D eigenvalue weighted by Crippen LogP contribution is 2.20. The van der Waals surface area contributed by atoms with Crippen molar-refractivity contribution in [2.75, 3.05) is 31.6 Å². The summed E-state index contributed by atoms with van der Waals surface area (Å²) in [5, 5.41) is 27.2. The minimum Gasteiger partial charge on any atom is -0.461 e. The van der Waals surface area contributed by atoms with Crippen LogP contribution in [-0.2, 0) is 0 Å². The summed E-state index contributed by atoms with van der Waals surface area (Å²) in [6.07, 6.45) is 0. The van der Waals surface area contributed by atoms with E-state index < -0.39 is 13.5 Å². The quantitative estimate of drug-likeness (QED) is 0.592. The van der Waals surface area contributed by atoms with Gasteiger partial charge in [-0.3, -0.25) is 4.90 Å². The van der Waals surface area contributed by atoms with Crippen LogP contribution in [0.4, 0.5) is 5.95 Å². The first kappa shape index (κ1) is 15.1. The number of nitrogens with zero attached hydrogens (tertiary/aromatic N) is 4. The van der Waals surface area contributed by atoms with Gasteiger partial charge in [0.15, 0.2) is 5.82 Å². The van der Waals surface area contributed by atoms with Gasteiger partial charge >= 0.3 is 6.01 Å². The average Bonchev–Trinajstić information content (AvgIpc) is 2.55. The molecule has 1 aromatic carbocycles. The van der Waals surface area contributed by atoms with Crippen LogP contribution >= 0.6 is 0 Å². The van der Waals surface area contributed by atoms with Gasteiger partial charge in [-0.05, 0) is 0 Å². The number of aliphatic hydroxyl groups excluding tert-OH is 3. The lowest BCUT2D eigenvalue weighted by atomic mass is 10.2. The summed E-state index contributed by atoms with van der Waals surface area (Å²) in [5.74, 6) is 0.433. The van der Waals surface area contributed by atoms with Gasteiger partial charge in [0.2, 0.25) is 5.95 Å². The Bertz CT molecular complexity index is 563. The Morgan fingerprint density at radius 2 is 1.67 bits per heavy atom. The maximum absolute atomic E-state index is 9.19. The van der Waals surface area contributed by atoms with E-state index in [9.17, 15) is 10.2 Å². The van der Waals surface area contributed by atoms with Gasteiger partial charge in [-0.2, -0.15) is 15.0 Å². The molecule has 3 N–H and O–H groups in total. The van der Waals surface area contributed by atoms with Gasteiger partial charge in [0.25, 0.3) is 0 Å². The van der Waals surface area contributed by atoms with E-state index in [2.05, 4.69) is 15.0 Å². The third-order valence-corrected chi connectivity index (χ3v) is 2.58. The van der Waals surface area contributed by atoms with E-state index in [0.717, 1.165) is 10.5 Å². The lowest BCUT2D eigenvalue weighted by molar-refractivity contribution is 0.190. The number of aliphatic hydroxyl groups is 3. The van der Waals surface area contributed by atoms with E-state index in [1.165, 1.54) is 0 Å². The van der Waals surface area contributed by atoms with Gasteiger partial charge in [-0.15, -0.1) is 0 Å². The number of ether oxygens (including phenoxy) is 1. The molecule has 112 valence electrons. The van der Waals surface area contributed by atoms with Crippen molar-refractivity contribution in [3.8, 4) is 17.4 Å². The van der Waals surface area contributed by atoms with Crippen LogP contribution in [0.15, 0.2) is 30.3 Å². The smallest absolute Gasteiger partial charge is 0.321 e. The average molecular weight is 292 g/mol. The molecule has 2 aromatic rings. The Morgan fingerprint density at radius 3 is 2.29 bits per heavy atom. The van der Waals surface area contributed by atoms with E-state index in [1.807, 2.05) is 30.3 Å². The molecule has 0 saturated carbocycles. The normalized spacial score (nSPS) is 10.4. The third-order valence-electron chi connectivity index (χ3n) is 2.58. The number of anilines is 1. The molecule has 0 amide bonds. The van der Waals surface area contributed by atoms with E-state index >= 15 is 0 Å². The zero-order valence-electron chi connectivity index (χ0n) is 11.3. The van der Waals surface area contributed by atoms with Crippen molar-refractivity contribution in [3.63, 3.8) is 0 Å². The number of aromatic nitrogens is 3. The monoisotopic (exact) mass is 292 g/mol. The highest BCUT2D eigenvalue weighted by molar-refractivity contribution is 5.56. The fourth-order valence-corrected chi connectivity index (χ4v) is 1.58. The minimum absolute atomic E-state index is 0.0137. The third kappa shape index (κ3) is 3.85. The number of rotatable bonds is 7. The maximum Gasteiger partial charge on any atom is 0.321 e. The second kappa shape index (κ2) is 7.48. The van der Waals surface area contributed by atoms with E-state index in [4.69, 9.17) is 9.84 Å². The standard InChI is InChI=1S/C13H16N4O4/c18-6-7-21-13-15-11(10-4-2-1-3-5-10)14-12(16-13)17(8-19)9-20/h1-5,18-20H,6-9H2. The van der Waals surface area contributed by atoms with Crippen molar-refractivity contribution in [1.29, 1.82) is 0 Å². The molecule has 0 bridgehead atoms. The Kier molecular flexibility index (Phi) is 5.38. The topological polar surface area (TPSA) is 112 Å². The van der Waals surface area contributed by atoms with Crippen molar-refractivity contribution in [3.05, 3.63) is 30.3 Å². The van der Waals surface area contributed by atoms with Gasteiger partial charge in [0, 0.05) is 5.56 Å². The van der Waals surface area contributed by atoms with Crippen molar-refractivity contribution in [1.82, 2.24) is 15.0 Å². The highest BCUT2D eigenvalue weighted by Gasteiger charge is 2.14. The molecule has 0 spiro atoms. The molecule has 1 aromatic heterocycles. The van der Waals surface area contributed by atoms with Gasteiger partial charge < -0.3 is 20.1 Å². The van der Waals surface area contributed by atoms with Crippen molar-refractivity contribution < 1.29 is 20.1 Å². The summed E-state index contributed by atoms with van der Waals surface area (Å²) in [4.78, 5) is 13.5. The molecule has 2 rings (SSSR count). The number of hydrogen-bond acceptors (Lipinski definition) is 8. The summed E-state index contributed by atoms with van der Waals surface area (Å²) in [6, 6.07) is 9.18. The van der Waals surface area contributed by atoms with E-state index in [1.54, 1.807) is 0 Å². The molecule has 8 nitrogen and oxygen atoms in total. The second-order valence-corrected chi connectivity index (χ2v) is 4.00. The fourth-order valence-electron chi connectivity index (χ4n) is 1.58. The summed E-state index contributed by atoms with van der Waals surface area (Å²) in [6.45, 7) is -1.04. The molecule has 0 atom stereocenters. The Hall–Kier alpha value is -2.29. The SMILES string of the molecule is OCCOc1nc(-c2ccccc2)nc(N(CO)CO)n1. The Labute approximate surface area is 121 Å². The van der Waals surface area contributed by atoms with Crippen LogP contribution in [0.3, 0.4) is 0 Å². The minimum atomic E-state index is -0.450. The van der Waals surface area contributed by atoms with Crippen LogP contribution in [0, 0.1) is 0 Å². The molecule has 0 saturated heterocycles. The van der Waals surface area contributed by atoms with Crippen molar-refractivity contribution in [2.24, 2.45) is 0 Å². The van der Waals surface area contributed by atoms with Crippen LogP contribution < -0.4 is 9.64 Å². The Balaban J connectivity index is 2.41. The van der Waals surface area contributed by atoms with Gasteiger partial charge in [-0.25, -0.2) is 0 Å². The lowest BCUT2D eigenvalue weighted by Gasteiger charge is -2.17. The molecule has 8 heteroatoms. The molecular formula is C13H16N4O4. The molecule has 0 aliphatic carbocycles. The molecule has 0 unspecified atom stereocenters. The molecular weight excluding hydrogens is 276 g/mol. The van der Waals surface area contributed by atoms with Gasteiger partial charge in [-0.1, -0.05) is 30.3 Å². The predicted octanol–water partition coefficient (Wildman–Crippen LogP) is -0.384.